The number of pyridine rings is 1. The van der Waals surface area contributed by atoms with E-state index in [-0.39, 0.29) is 18.3 Å². The minimum absolute atomic E-state index is 0.180. The number of carbonyl (C=O) groups excluding carboxylic acids is 1. The molecule has 134 valence electrons. The smallest absolute Gasteiger partial charge is 0.341 e. The SMILES string of the molecule is CCOC(=O)c1cnccc1NC1CC(F)(F)C(OC(C)C)C1Cl. The summed E-state index contributed by atoms with van der Waals surface area (Å²) in [4.78, 5) is 15.8. The van der Waals surface area contributed by atoms with Gasteiger partial charge in [-0.3, -0.25) is 4.98 Å². The van der Waals surface area contributed by atoms with Crippen LogP contribution in [0.3, 0.4) is 0 Å². The molecule has 2 rings (SSSR count). The summed E-state index contributed by atoms with van der Waals surface area (Å²) in [6.45, 7) is 5.25. The van der Waals surface area contributed by atoms with Crippen molar-refractivity contribution in [3.63, 3.8) is 0 Å². The lowest BCUT2D eigenvalue weighted by Crippen LogP contribution is -2.38. The summed E-state index contributed by atoms with van der Waals surface area (Å²) < 4.78 is 38.6. The molecule has 0 spiro atoms. The van der Waals surface area contributed by atoms with Crippen molar-refractivity contribution in [1.82, 2.24) is 4.98 Å². The average Bonchev–Trinajstić information content (AvgIpc) is 2.71. The van der Waals surface area contributed by atoms with E-state index >= 15 is 0 Å². The lowest BCUT2D eigenvalue weighted by atomic mass is 10.2. The molecule has 0 radical (unpaired) electrons. The van der Waals surface area contributed by atoms with E-state index in [9.17, 15) is 13.6 Å². The van der Waals surface area contributed by atoms with Crippen molar-refractivity contribution in [2.45, 2.75) is 56.7 Å². The van der Waals surface area contributed by atoms with E-state index in [1.807, 2.05) is 0 Å². The molecular formula is C16H21ClF2N2O3. The molecule has 0 bridgehead atoms. The molecule has 0 aliphatic heterocycles. The van der Waals surface area contributed by atoms with Crippen molar-refractivity contribution in [1.29, 1.82) is 0 Å². The molecule has 3 unspecified atom stereocenters. The lowest BCUT2D eigenvalue weighted by Gasteiger charge is -2.24. The van der Waals surface area contributed by atoms with E-state index in [0.29, 0.717) is 5.69 Å². The summed E-state index contributed by atoms with van der Waals surface area (Å²) in [5, 5.41) is 1.99. The van der Waals surface area contributed by atoms with E-state index in [2.05, 4.69) is 10.3 Å². The van der Waals surface area contributed by atoms with Gasteiger partial charge in [0.15, 0.2) is 0 Å². The summed E-state index contributed by atoms with van der Waals surface area (Å²) in [6.07, 6.45) is 0.562. The number of rotatable bonds is 6. The van der Waals surface area contributed by atoms with Crippen LogP contribution in [0.4, 0.5) is 14.5 Å². The van der Waals surface area contributed by atoms with Crippen LogP contribution in [0.15, 0.2) is 18.5 Å². The number of nitrogens with zero attached hydrogens (tertiary/aromatic N) is 1. The first kappa shape index (κ1) is 18.9. The first-order chi connectivity index (χ1) is 11.3. The van der Waals surface area contributed by atoms with E-state index in [4.69, 9.17) is 21.1 Å². The maximum Gasteiger partial charge on any atom is 0.341 e. The Morgan fingerprint density at radius 3 is 2.88 bits per heavy atom. The Labute approximate surface area is 144 Å². The Morgan fingerprint density at radius 2 is 2.25 bits per heavy atom. The average molecular weight is 363 g/mol. The maximum atomic E-state index is 14.2. The van der Waals surface area contributed by atoms with Crippen LogP contribution in [0.1, 0.15) is 37.6 Å². The van der Waals surface area contributed by atoms with Crippen LogP contribution in [0.5, 0.6) is 0 Å². The largest absolute Gasteiger partial charge is 0.462 e. The van der Waals surface area contributed by atoms with Gasteiger partial charge >= 0.3 is 5.97 Å². The number of alkyl halides is 3. The minimum Gasteiger partial charge on any atom is -0.462 e. The van der Waals surface area contributed by atoms with Crippen LogP contribution in [0, 0.1) is 0 Å². The van der Waals surface area contributed by atoms with Crippen molar-refractivity contribution >= 4 is 23.3 Å². The number of esters is 1. The molecule has 5 nitrogen and oxygen atoms in total. The molecule has 0 saturated heterocycles. The molecule has 0 aromatic carbocycles. The van der Waals surface area contributed by atoms with E-state index in [1.54, 1.807) is 20.8 Å². The van der Waals surface area contributed by atoms with Gasteiger partial charge in [-0.15, -0.1) is 11.6 Å². The van der Waals surface area contributed by atoms with E-state index < -0.39 is 35.8 Å². The van der Waals surface area contributed by atoms with Crippen molar-refractivity contribution in [2.24, 2.45) is 0 Å². The molecule has 1 aromatic rings. The number of nitrogens with one attached hydrogen (secondary N) is 1. The molecule has 0 amide bonds. The Kier molecular flexibility index (Phi) is 5.98. The van der Waals surface area contributed by atoms with Gasteiger partial charge in [-0.1, -0.05) is 0 Å². The van der Waals surface area contributed by atoms with Gasteiger partial charge in [0.05, 0.1) is 29.8 Å². The normalized spacial score (nSPS) is 25.7. The molecule has 8 heteroatoms. The Bertz CT molecular complexity index is 586. The first-order valence-corrected chi connectivity index (χ1v) is 8.25. The second-order valence-corrected chi connectivity index (χ2v) is 6.41. The first-order valence-electron chi connectivity index (χ1n) is 7.81. The zero-order valence-corrected chi connectivity index (χ0v) is 14.5. The third-order valence-corrected chi connectivity index (χ3v) is 4.19. The molecule has 1 aliphatic rings. The van der Waals surface area contributed by atoms with Gasteiger partial charge in [0.25, 0.3) is 5.92 Å². The van der Waals surface area contributed by atoms with Gasteiger partial charge in [-0.2, -0.15) is 0 Å². The lowest BCUT2D eigenvalue weighted by molar-refractivity contribution is -0.132. The minimum atomic E-state index is -3.05. The van der Waals surface area contributed by atoms with Gasteiger partial charge in [-0.25, -0.2) is 13.6 Å². The monoisotopic (exact) mass is 362 g/mol. The van der Waals surface area contributed by atoms with E-state index in [1.165, 1.54) is 18.5 Å². The highest BCUT2D eigenvalue weighted by Crippen LogP contribution is 2.42. The highest BCUT2D eigenvalue weighted by molar-refractivity contribution is 6.22. The molecule has 1 aliphatic carbocycles. The summed E-state index contributed by atoms with van der Waals surface area (Å²) in [5.41, 5.74) is 0.542. The standard InChI is InChI=1S/C16H21ClF2N2O3/c1-4-23-15(22)10-8-20-6-5-11(10)21-12-7-16(18,19)14(13(12)17)24-9(2)3/h5-6,8-9,12-14H,4,7H2,1-3H3,(H,20,21). The fourth-order valence-corrected chi connectivity index (χ4v) is 3.05. The van der Waals surface area contributed by atoms with Gasteiger partial charge in [0, 0.05) is 18.8 Å². The topological polar surface area (TPSA) is 60.5 Å². The van der Waals surface area contributed by atoms with Crippen LogP contribution in [0.25, 0.3) is 0 Å². The molecule has 1 fully saturated rings. The quantitative estimate of drug-likeness (QED) is 0.620. The van der Waals surface area contributed by atoms with Crippen molar-refractivity contribution in [2.75, 3.05) is 11.9 Å². The Balaban J connectivity index is 2.19. The van der Waals surface area contributed by atoms with Crippen LogP contribution in [0.2, 0.25) is 0 Å². The molecule has 1 saturated carbocycles. The van der Waals surface area contributed by atoms with Gasteiger partial charge in [0.1, 0.15) is 11.7 Å². The van der Waals surface area contributed by atoms with Crippen molar-refractivity contribution in [3.8, 4) is 0 Å². The molecular weight excluding hydrogens is 342 g/mol. The molecule has 1 aromatic heterocycles. The Hall–Kier alpha value is -1.47. The third kappa shape index (κ3) is 4.13. The number of hydrogen-bond donors (Lipinski definition) is 1. The molecule has 24 heavy (non-hydrogen) atoms. The fourth-order valence-electron chi connectivity index (χ4n) is 2.66. The van der Waals surface area contributed by atoms with Gasteiger partial charge < -0.3 is 14.8 Å². The predicted octanol–water partition coefficient (Wildman–Crippen LogP) is 3.48. The number of hydrogen-bond acceptors (Lipinski definition) is 5. The zero-order chi connectivity index (χ0) is 17.9. The number of ether oxygens (including phenoxy) is 2. The van der Waals surface area contributed by atoms with Gasteiger partial charge in [0.2, 0.25) is 0 Å². The maximum absolute atomic E-state index is 14.2. The summed E-state index contributed by atoms with van der Waals surface area (Å²) in [6, 6.07) is 0.783. The molecule has 1 heterocycles. The van der Waals surface area contributed by atoms with E-state index in [0.717, 1.165) is 0 Å². The number of aromatic nitrogens is 1. The third-order valence-electron chi connectivity index (χ3n) is 3.66. The van der Waals surface area contributed by atoms with Gasteiger partial charge in [-0.05, 0) is 26.8 Å². The Morgan fingerprint density at radius 1 is 1.54 bits per heavy atom. The second-order valence-electron chi connectivity index (χ2n) is 5.91. The number of anilines is 1. The second kappa shape index (κ2) is 7.61. The number of carbonyl (C=O) groups is 1. The highest BCUT2D eigenvalue weighted by Gasteiger charge is 2.56. The fraction of sp³-hybridized carbons (Fsp3) is 0.625. The zero-order valence-electron chi connectivity index (χ0n) is 13.8. The molecule has 3 atom stereocenters. The van der Waals surface area contributed by atoms with Crippen LogP contribution in [-0.4, -0.2) is 47.1 Å². The summed E-state index contributed by atoms with van der Waals surface area (Å²) in [5.74, 6) is -3.62. The number of halogens is 3. The predicted molar refractivity (Wildman–Crippen MR) is 86.8 cm³/mol. The van der Waals surface area contributed by atoms with Crippen LogP contribution >= 0.6 is 11.6 Å². The summed E-state index contributed by atoms with van der Waals surface area (Å²) in [7, 11) is 0. The molecule has 1 N–H and O–H groups in total. The summed E-state index contributed by atoms with van der Waals surface area (Å²) >= 11 is 6.22. The van der Waals surface area contributed by atoms with Crippen molar-refractivity contribution in [3.05, 3.63) is 24.0 Å². The highest BCUT2D eigenvalue weighted by atomic mass is 35.5. The van der Waals surface area contributed by atoms with Crippen molar-refractivity contribution < 1.29 is 23.0 Å². The van der Waals surface area contributed by atoms with Crippen LogP contribution in [-0.2, 0) is 9.47 Å². The van der Waals surface area contributed by atoms with Crippen LogP contribution < -0.4 is 5.32 Å².